The first-order valence-corrected chi connectivity index (χ1v) is 6.78. The van der Waals surface area contributed by atoms with Crippen molar-refractivity contribution < 1.29 is 22.4 Å². The smallest absolute Gasteiger partial charge is 0.319 e. The van der Waals surface area contributed by atoms with E-state index in [0.29, 0.717) is 16.1 Å². The molecule has 0 aliphatic carbocycles. The zero-order chi connectivity index (χ0) is 16.5. The second-order valence-corrected chi connectivity index (χ2v) is 5.32. The first-order valence-electron chi connectivity index (χ1n) is 5.98. The summed E-state index contributed by atoms with van der Waals surface area (Å²) in [5.74, 6) is -1.54. The summed E-state index contributed by atoms with van der Waals surface area (Å²) in [6.45, 7) is 1.66. The Labute approximate surface area is 131 Å². The van der Waals surface area contributed by atoms with Gasteiger partial charge in [0.25, 0.3) is 5.91 Å². The van der Waals surface area contributed by atoms with E-state index in [2.05, 4.69) is 26.2 Å². The Hall–Kier alpha value is -1.96. The van der Waals surface area contributed by atoms with Gasteiger partial charge in [0.15, 0.2) is 0 Å². The standard InChI is InChI=1S/C14H9BrF4N2O/c1-7-4-10(16)11(6-9(7)15)21-13(22)8-2-3-20-12(5-8)14(17,18)19/h2-6H,1H3,(H,21,22). The fraction of sp³-hybridized carbons (Fsp3) is 0.143. The van der Waals surface area contributed by atoms with Gasteiger partial charge in [-0.1, -0.05) is 15.9 Å². The van der Waals surface area contributed by atoms with Crippen LogP contribution in [-0.4, -0.2) is 10.9 Å². The quantitative estimate of drug-likeness (QED) is 0.780. The molecule has 2 aromatic rings. The highest BCUT2D eigenvalue weighted by atomic mass is 79.9. The first kappa shape index (κ1) is 16.4. The van der Waals surface area contributed by atoms with Crippen LogP contribution in [0.3, 0.4) is 0 Å². The Morgan fingerprint density at radius 1 is 1.27 bits per heavy atom. The number of pyridine rings is 1. The van der Waals surface area contributed by atoms with E-state index >= 15 is 0 Å². The van der Waals surface area contributed by atoms with Crippen molar-refractivity contribution in [2.75, 3.05) is 5.32 Å². The molecule has 116 valence electrons. The molecular formula is C14H9BrF4N2O. The van der Waals surface area contributed by atoms with Crippen molar-refractivity contribution >= 4 is 27.5 Å². The molecule has 0 atom stereocenters. The third-order valence-electron chi connectivity index (χ3n) is 2.81. The lowest BCUT2D eigenvalue weighted by Crippen LogP contribution is -2.15. The Morgan fingerprint density at radius 3 is 2.59 bits per heavy atom. The number of benzene rings is 1. The fourth-order valence-corrected chi connectivity index (χ4v) is 2.01. The number of alkyl halides is 3. The molecule has 0 spiro atoms. The van der Waals surface area contributed by atoms with Crippen molar-refractivity contribution in [3.05, 3.63) is 57.6 Å². The van der Waals surface area contributed by atoms with Gasteiger partial charge >= 0.3 is 6.18 Å². The van der Waals surface area contributed by atoms with Gasteiger partial charge in [-0.25, -0.2) is 4.39 Å². The number of amides is 1. The highest BCUT2D eigenvalue weighted by Crippen LogP contribution is 2.28. The van der Waals surface area contributed by atoms with Gasteiger partial charge in [0.05, 0.1) is 5.69 Å². The molecule has 0 saturated carbocycles. The summed E-state index contributed by atoms with van der Waals surface area (Å²) >= 11 is 3.19. The van der Waals surface area contributed by atoms with E-state index in [4.69, 9.17) is 0 Å². The average Bonchev–Trinajstić information content (AvgIpc) is 2.44. The van der Waals surface area contributed by atoms with Crippen LogP contribution in [0.1, 0.15) is 21.6 Å². The molecule has 22 heavy (non-hydrogen) atoms. The SMILES string of the molecule is Cc1cc(F)c(NC(=O)c2ccnc(C(F)(F)F)c2)cc1Br. The molecule has 0 radical (unpaired) electrons. The maximum atomic E-state index is 13.7. The number of hydrogen-bond acceptors (Lipinski definition) is 2. The summed E-state index contributed by atoms with van der Waals surface area (Å²) in [5.41, 5.74) is -0.962. The van der Waals surface area contributed by atoms with Crippen molar-refractivity contribution in [2.45, 2.75) is 13.1 Å². The number of nitrogens with zero attached hydrogens (tertiary/aromatic N) is 1. The van der Waals surface area contributed by atoms with Crippen LogP contribution in [0.25, 0.3) is 0 Å². The minimum atomic E-state index is -4.66. The minimum absolute atomic E-state index is 0.132. The van der Waals surface area contributed by atoms with E-state index in [1.807, 2.05) is 0 Å². The molecule has 8 heteroatoms. The number of halogens is 5. The van der Waals surface area contributed by atoms with Crippen LogP contribution in [0.4, 0.5) is 23.2 Å². The van der Waals surface area contributed by atoms with Gasteiger partial charge in [-0.05, 0) is 36.8 Å². The molecule has 1 amide bonds. The number of aryl methyl sites for hydroxylation is 1. The van der Waals surface area contributed by atoms with Crippen molar-refractivity contribution in [3.8, 4) is 0 Å². The van der Waals surface area contributed by atoms with Gasteiger partial charge in [-0.3, -0.25) is 9.78 Å². The average molecular weight is 377 g/mol. The minimum Gasteiger partial charge on any atom is -0.319 e. The molecule has 1 N–H and O–H groups in total. The van der Waals surface area contributed by atoms with Gasteiger partial charge in [0.1, 0.15) is 11.5 Å². The number of carbonyl (C=O) groups is 1. The highest BCUT2D eigenvalue weighted by molar-refractivity contribution is 9.10. The van der Waals surface area contributed by atoms with Crippen LogP contribution in [0.5, 0.6) is 0 Å². The van der Waals surface area contributed by atoms with Crippen LogP contribution in [0.15, 0.2) is 34.9 Å². The predicted molar refractivity (Wildman–Crippen MR) is 76.0 cm³/mol. The Kier molecular flexibility index (Phi) is 4.50. The summed E-state index contributed by atoms with van der Waals surface area (Å²) in [6, 6.07) is 4.27. The zero-order valence-corrected chi connectivity index (χ0v) is 12.7. The molecule has 0 saturated heterocycles. The number of anilines is 1. The summed E-state index contributed by atoms with van der Waals surface area (Å²) < 4.78 is 52.0. The largest absolute Gasteiger partial charge is 0.433 e. The predicted octanol–water partition coefficient (Wildman–Crippen LogP) is 4.56. The normalized spacial score (nSPS) is 11.4. The van der Waals surface area contributed by atoms with Crippen LogP contribution in [-0.2, 0) is 6.18 Å². The zero-order valence-electron chi connectivity index (χ0n) is 11.1. The van der Waals surface area contributed by atoms with Gasteiger partial charge < -0.3 is 5.32 Å². The molecule has 1 aromatic carbocycles. The lowest BCUT2D eigenvalue weighted by atomic mass is 10.2. The van der Waals surface area contributed by atoms with E-state index in [0.717, 1.165) is 12.3 Å². The van der Waals surface area contributed by atoms with Crippen molar-refractivity contribution in [3.63, 3.8) is 0 Å². The van der Waals surface area contributed by atoms with Gasteiger partial charge in [0.2, 0.25) is 0 Å². The summed E-state index contributed by atoms with van der Waals surface area (Å²) in [6.07, 6.45) is -3.78. The van der Waals surface area contributed by atoms with Gasteiger partial charge in [0, 0.05) is 16.2 Å². The number of carbonyl (C=O) groups excluding carboxylic acids is 1. The molecule has 1 heterocycles. The van der Waals surface area contributed by atoms with Gasteiger partial charge in [-0.15, -0.1) is 0 Å². The summed E-state index contributed by atoms with van der Waals surface area (Å²) in [7, 11) is 0. The molecule has 0 bridgehead atoms. The van der Waals surface area contributed by atoms with Crippen molar-refractivity contribution in [1.82, 2.24) is 4.98 Å². The maximum absolute atomic E-state index is 13.7. The number of nitrogens with one attached hydrogen (secondary N) is 1. The molecule has 0 aliphatic rings. The molecule has 0 unspecified atom stereocenters. The number of rotatable bonds is 2. The van der Waals surface area contributed by atoms with E-state index in [9.17, 15) is 22.4 Å². The Morgan fingerprint density at radius 2 is 1.95 bits per heavy atom. The van der Waals surface area contributed by atoms with E-state index < -0.39 is 23.6 Å². The number of aromatic nitrogens is 1. The monoisotopic (exact) mass is 376 g/mol. The molecule has 3 nitrogen and oxygen atoms in total. The Bertz CT molecular complexity index is 731. The second-order valence-electron chi connectivity index (χ2n) is 4.46. The highest BCUT2D eigenvalue weighted by Gasteiger charge is 2.33. The summed E-state index contributed by atoms with van der Waals surface area (Å²) in [5, 5.41) is 2.23. The Balaban J connectivity index is 2.29. The fourth-order valence-electron chi connectivity index (χ4n) is 1.66. The lowest BCUT2D eigenvalue weighted by molar-refractivity contribution is -0.141. The molecular weight excluding hydrogens is 368 g/mol. The third kappa shape index (κ3) is 3.62. The van der Waals surface area contributed by atoms with Crippen LogP contribution < -0.4 is 5.32 Å². The third-order valence-corrected chi connectivity index (χ3v) is 3.66. The topological polar surface area (TPSA) is 42.0 Å². The molecule has 0 aliphatic heterocycles. The van der Waals surface area contributed by atoms with Crippen molar-refractivity contribution in [1.29, 1.82) is 0 Å². The maximum Gasteiger partial charge on any atom is 0.433 e. The second kappa shape index (κ2) is 6.04. The molecule has 2 rings (SSSR count). The van der Waals surface area contributed by atoms with Crippen LogP contribution in [0, 0.1) is 12.7 Å². The van der Waals surface area contributed by atoms with E-state index in [-0.39, 0.29) is 11.3 Å². The van der Waals surface area contributed by atoms with Gasteiger partial charge in [-0.2, -0.15) is 13.2 Å². The van der Waals surface area contributed by atoms with Crippen LogP contribution in [0.2, 0.25) is 0 Å². The van der Waals surface area contributed by atoms with Crippen molar-refractivity contribution in [2.24, 2.45) is 0 Å². The molecule has 0 fully saturated rings. The molecule has 1 aromatic heterocycles. The summed E-state index contributed by atoms with van der Waals surface area (Å²) in [4.78, 5) is 15.1. The van der Waals surface area contributed by atoms with E-state index in [1.165, 1.54) is 12.1 Å². The lowest BCUT2D eigenvalue weighted by Gasteiger charge is -2.10. The number of hydrogen-bond donors (Lipinski definition) is 1. The van der Waals surface area contributed by atoms with E-state index in [1.54, 1.807) is 6.92 Å². The first-order chi connectivity index (χ1) is 10.2. The van der Waals surface area contributed by atoms with Crippen LogP contribution >= 0.6 is 15.9 Å².